The molecule has 1 N–H and O–H groups in total. The fourth-order valence-electron chi connectivity index (χ4n) is 2.85. The number of carbonyl (C=O) groups excluding carboxylic acids is 1. The molecule has 3 unspecified atom stereocenters. The maximum Gasteiger partial charge on any atom is 0.225 e. The average molecular weight is 209 g/mol. The van der Waals surface area contributed by atoms with Gasteiger partial charge < -0.3 is 10.0 Å². The van der Waals surface area contributed by atoms with E-state index in [4.69, 9.17) is 0 Å². The van der Waals surface area contributed by atoms with Gasteiger partial charge in [-0.15, -0.1) is 6.58 Å². The lowest BCUT2D eigenvalue weighted by molar-refractivity contribution is -0.138. The van der Waals surface area contributed by atoms with Crippen LogP contribution in [0.4, 0.5) is 0 Å². The first-order valence-electron chi connectivity index (χ1n) is 5.86. The Balaban J connectivity index is 2.12. The minimum absolute atomic E-state index is 0.112. The van der Waals surface area contributed by atoms with E-state index in [-0.39, 0.29) is 11.9 Å². The molecule has 0 aromatic heterocycles. The van der Waals surface area contributed by atoms with Gasteiger partial charge in [-0.2, -0.15) is 0 Å². The number of rotatable bonds is 2. The molecule has 0 aromatic carbocycles. The van der Waals surface area contributed by atoms with Crippen molar-refractivity contribution in [3.63, 3.8) is 0 Å². The summed E-state index contributed by atoms with van der Waals surface area (Å²) in [5.41, 5.74) is 0. The van der Waals surface area contributed by atoms with Gasteiger partial charge in [0.1, 0.15) is 6.23 Å². The molecule has 1 heterocycles. The van der Waals surface area contributed by atoms with Gasteiger partial charge >= 0.3 is 0 Å². The van der Waals surface area contributed by atoms with Crippen molar-refractivity contribution in [1.29, 1.82) is 0 Å². The molecule has 15 heavy (non-hydrogen) atoms. The Labute approximate surface area is 90.8 Å². The van der Waals surface area contributed by atoms with Crippen LogP contribution in [-0.2, 0) is 4.79 Å². The van der Waals surface area contributed by atoms with Gasteiger partial charge in [0.2, 0.25) is 5.91 Å². The van der Waals surface area contributed by atoms with Crippen LogP contribution in [0.1, 0.15) is 38.5 Å². The second-order valence-electron chi connectivity index (χ2n) is 4.57. The molecule has 0 aromatic rings. The summed E-state index contributed by atoms with van der Waals surface area (Å²) in [4.78, 5) is 13.4. The Morgan fingerprint density at radius 2 is 2.07 bits per heavy atom. The maximum atomic E-state index is 11.7. The smallest absolute Gasteiger partial charge is 0.225 e. The van der Waals surface area contributed by atoms with Crippen LogP contribution in [-0.4, -0.2) is 28.2 Å². The summed E-state index contributed by atoms with van der Waals surface area (Å²) in [6.07, 6.45) is 6.98. The summed E-state index contributed by atoms with van der Waals surface area (Å²) < 4.78 is 0. The van der Waals surface area contributed by atoms with E-state index in [1.165, 1.54) is 6.42 Å². The maximum absolute atomic E-state index is 11.7. The number of amides is 1. The third-order valence-corrected chi connectivity index (χ3v) is 3.67. The molecule has 2 fully saturated rings. The van der Waals surface area contributed by atoms with Gasteiger partial charge in [0.25, 0.3) is 0 Å². The Hall–Kier alpha value is -0.830. The Morgan fingerprint density at radius 1 is 1.33 bits per heavy atom. The molecule has 2 aliphatic rings. The molecule has 1 saturated heterocycles. The van der Waals surface area contributed by atoms with Crippen molar-refractivity contribution in [2.24, 2.45) is 5.92 Å². The summed E-state index contributed by atoms with van der Waals surface area (Å²) in [7, 11) is 0. The molecule has 3 heteroatoms. The van der Waals surface area contributed by atoms with Gasteiger partial charge in [-0.05, 0) is 18.8 Å². The zero-order valence-electron chi connectivity index (χ0n) is 9.06. The van der Waals surface area contributed by atoms with Gasteiger partial charge in [-0.3, -0.25) is 4.79 Å². The number of carbonyl (C=O) groups is 1. The van der Waals surface area contributed by atoms with Crippen molar-refractivity contribution < 1.29 is 9.90 Å². The van der Waals surface area contributed by atoms with Crippen LogP contribution in [0.3, 0.4) is 0 Å². The Bertz CT molecular complexity index is 264. The molecule has 3 atom stereocenters. The molecule has 1 aliphatic carbocycles. The van der Waals surface area contributed by atoms with E-state index in [0.717, 1.165) is 19.3 Å². The van der Waals surface area contributed by atoms with Crippen molar-refractivity contribution in [3.8, 4) is 0 Å². The van der Waals surface area contributed by atoms with E-state index in [1.54, 1.807) is 4.90 Å². The van der Waals surface area contributed by atoms with E-state index in [2.05, 4.69) is 6.58 Å². The summed E-state index contributed by atoms with van der Waals surface area (Å²) >= 11 is 0. The van der Waals surface area contributed by atoms with Gasteiger partial charge in [-0.1, -0.05) is 18.9 Å². The first-order chi connectivity index (χ1) is 7.24. The number of nitrogens with zero attached hydrogens (tertiary/aromatic N) is 1. The average Bonchev–Trinajstić information content (AvgIpc) is 2.59. The third kappa shape index (κ3) is 1.93. The van der Waals surface area contributed by atoms with Crippen LogP contribution >= 0.6 is 0 Å². The Kier molecular flexibility index (Phi) is 3.10. The predicted molar refractivity (Wildman–Crippen MR) is 58.0 cm³/mol. The first-order valence-corrected chi connectivity index (χ1v) is 5.86. The molecule has 1 saturated carbocycles. The molecule has 0 radical (unpaired) electrons. The van der Waals surface area contributed by atoms with Crippen molar-refractivity contribution in [1.82, 2.24) is 4.90 Å². The number of aliphatic hydroxyl groups excluding tert-OH is 1. The van der Waals surface area contributed by atoms with Gasteiger partial charge in [0.05, 0.1) is 0 Å². The molecular formula is C12H19NO2. The highest BCUT2D eigenvalue weighted by molar-refractivity contribution is 5.78. The number of hydrogen-bond acceptors (Lipinski definition) is 2. The van der Waals surface area contributed by atoms with E-state index in [1.807, 2.05) is 6.08 Å². The van der Waals surface area contributed by atoms with E-state index in [9.17, 15) is 9.90 Å². The second-order valence-corrected chi connectivity index (χ2v) is 4.57. The highest BCUT2D eigenvalue weighted by Gasteiger charge is 2.38. The lowest BCUT2D eigenvalue weighted by Crippen LogP contribution is -2.46. The number of likely N-dealkylation sites (tertiary alicyclic amines) is 1. The summed E-state index contributed by atoms with van der Waals surface area (Å²) in [5, 5.41) is 9.80. The highest BCUT2D eigenvalue weighted by atomic mass is 16.3. The summed E-state index contributed by atoms with van der Waals surface area (Å²) in [6, 6.07) is 0.196. The summed E-state index contributed by atoms with van der Waals surface area (Å²) in [5.74, 6) is 0.483. The number of aliphatic hydroxyl groups is 1. The quantitative estimate of drug-likeness (QED) is 0.703. The zero-order chi connectivity index (χ0) is 10.8. The Morgan fingerprint density at radius 3 is 2.67 bits per heavy atom. The molecule has 2 rings (SSSR count). The van der Waals surface area contributed by atoms with Crippen molar-refractivity contribution in [2.45, 2.75) is 50.8 Å². The second kappa shape index (κ2) is 4.35. The van der Waals surface area contributed by atoms with Crippen LogP contribution in [0.15, 0.2) is 12.7 Å². The highest BCUT2D eigenvalue weighted by Crippen LogP contribution is 2.33. The largest absolute Gasteiger partial charge is 0.373 e. The molecule has 0 spiro atoms. The SMILES string of the molecule is C=CC1CCCCC1N1C(=O)CCC1O. The molecule has 1 aliphatic heterocycles. The normalized spacial score (nSPS) is 37.0. The zero-order valence-corrected chi connectivity index (χ0v) is 9.06. The van der Waals surface area contributed by atoms with Crippen molar-refractivity contribution in [2.75, 3.05) is 0 Å². The van der Waals surface area contributed by atoms with E-state index >= 15 is 0 Å². The molecule has 0 bridgehead atoms. The van der Waals surface area contributed by atoms with E-state index < -0.39 is 6.23 Å². The number of hydrogen-bond donors (Lipinski definition) is 1. The van der Waals surface area contributed by atoms with Crippen molar-refractivity contribution in [3.05, 3.63) is 12.7 Å². The van der Waals surface area contributed by atoms with Crippen LogP contribution in [0.5, 0.6) is 0 Å². The fourth-order valence-corrected chi connectivity index (χ4v) is 2.85. The fraction of sp³-hybridized carbons (Fsp3) is 0.750. The standard InChI is InChI=1S/C12H19NO2/c1-2-9-5-3-4-6-10(9)13-11(14)7-8-12(13)15/h2,9-11,14H,1,3-8H2. The minimum atomic E-state index is -0.553. The lowest BCUT2D eigenvalue weighted by atomic mass is 9.83. The molecular weight excluding hydrogens is 190 g/mol. The van der Waals surface area contributed by atoms with Crippen LogP contribution in [0, 0.1) is 5.92 Å². The van der Waals surface area contributed by atoms with Crippen molar-refractivity contribution >= 4 is 5.91 Å². The van der Waals surface area contributed by atoms with Gasteiger partial charge in [0, 0.05) is 18.9 Å². The van der Waals surface area contributed by atoms with Crippen LogP contribution in [0.2, 0.25) is 0 Å². The minimum Gasteiger partial charge on any atom is -0.373 e. The molecule has 3 nitrogen and oxygen atoms in total. The van der Waals surface area contributed by atoms with E-state index in [0.29, 0.717) is 18.8 Å². The monoisotopic (exact) mass is 209 g/mol. The molecule has 84 valence electrons. The first kappa shape index (κ1) is 10.7. The molecule has 1 amide bonds. The van der Waals surface area contributed by atoms with Crippen LogP contribution in [0.25, 0.3) is 0 Å². The third-order valence-electron chi connectivity index (χ3n) is 3.67. The van der Waals surface area contributed by atoms with Gasteiger partial charge in [0.15, 0.2) is 0 Å². The predicted octanol–water partition coefficient (Wildman–Crippen LogP) is 1.67. The lowest BCUT2D eigenvalue weighted by Gasteiger charge is -2.38. The topological polar surface area (TPSA) is 40.5 Å². The summed E-state index contributed by atoms with van der Waals surface area (Å²) in [6.45, 7) is 3.84. The van der Waals surface area contributed by atoms with Gasteiger partial charge in [-0.25, -0.2) is 0 Å². The van der Waals surface area contributed by atoms with Crippen LogP contribution < -0.4 is 0 Å².